The Morgan fingerprint density at radius 1 is 1.20 bits per heavy atom. The Labute approximate surface area is 121 Å². The molecular formula is C15H15N3OS. The van der Waals surface area contributed by atoms with Gasteiger partial charge in [-0.05, 0) is 31.2 Å². The lowest BCUT2D eigenvalue weighted by Gasteiger charge is -1.99. The molecule has 20 heavy (non-hydrogen) atoms. The van der Waals surface area contributed by atoms with Gasteiger partial charge >= 0.3 is 0 Å². The smallest absolute Gasteiger partial charge is 0.142 e. The molecule has 0 aliphatic rings. The van der Waals surface area contributed by atoms with E-state index in [0.29, 0.717) is 6.54 Å². The van der Waals surface area contributed by atoms with Crippen LogP contribution in [0.2, 0.25) is 0 Å². The fraction of sp³-hybridized carbons (Fsp3) is 0.200. The number of pyridine rings is 1. The van der Waals surface area contributed by atoms with Crippen LogP contribution in [0.5, 0.6) is 0 Å². The van der Waals surface area contributed by atoms with Gasteiger partial charge in [0.05, 0.1) is 17.9 Å². The molecule has 102 valence electrons. The molecule has 0 aromatic carbocycles. The highest BCUT2D eigenvalue weighted by Crippen LogP contribution is 2.21. The molecule has 0 saturated carbocycles. The molecule has 0 amide bonds. The van der Waals surface area contributed by atoms with Crippen molar-refractivity contribution < 1.29 is 4.42 Å². The summed E-state index contributed by atoms with van der Waals surface area (Å²) in [7, 11) is 0. The van der Waals surface area contributed by atoms with Crippen molar-refractivity contribution in [3.8, 4) is 10.7 Å². The molecule has 0 bridgehead atoms. The summed E-state index contributed by atoms with van der Waals surface area (Å²) in [6.07, 6.45) is 1.79. The first-order valence-electron chi connectivity index (χ1n) is 6.43. The van der Waals surface area contributed by atoms with Crippen LogP contribution >= 0.6 is 11.3 Å². The number of rotatable bonds is 5. The minimum atomic E-state index is 0.713. The number of aryl methyl sites for hydroxylation is 1. The molecule has 0 aliphatic carbocycles. The zero-order valence-electron chi connectivity index (χ0n) is 11.2. The van der Waals surface area contributed by atoms with Gasteiger partial charge in [0.1, 0.15) is 16.5 Å². The first-order chi connectivity index (χ1) is 9.81. The summed E-state index contributed by atoms with van der Waals surface area (Å²) in [5.74, 6) is 1.88. The Balaban J connectivity index is 1.58. The summed E-state index contributed by atoms with van der Waals surface area (Å²) in [4.78, 5) is 8.89. The predicted octanol–water partition coefficient (Wildman–Crippen LogP) is 3.40. The molecule has 4 nitrogen and oxygen atoms in total. The van der Waals surface area contributed by atoms with Gasteiger partial charge in [-0.2, -0.15) is 0 Å². The second-order valence-corrected chi connectivity index (χ2v) is 5.33. The quantitative estimate of drug-likeness (QED) is 0.780. The summed E-state index contributed by atoms with van der Waals surface area (Å²) >= 11 is 1.62. The van der Waals surface area contributed by atoms with Gasteiger partial charge in [-0.25, -0.2) is 4.98 Å². The van der Waals surface area contributed by atoms with Crippen molar-refractivity contribution >= 4 is 11.3 Å². The highest BCUT2D eigenvalue weighted by atomic mass is 32.1. The number of furan rings is 1. The van der Waals surface area contributed by atoms with E-state index in [9.17, 15) is 0 Å². The summed E-state index contributed by atoms with van der Waals surface area (Å²) in [6.45, 7) is 3.39. The van der Waals surface area contributed by atoms with E-state index in [-0.39, 0.29) is 0 Å². The second kappa shape index (κ2) is 5.98. The maximum atomic E-state index is 5.51. The van der Waals surface area contributed by atoms with Gasteiger partial charge in [0.2, 0.25) is 0 Å². The zero-order chi connectivity index (χ0) is 13.8. The minimum absolute atomic E-state index is 0.713. The number of nitrogens with one attached hydrogen (secondary N) is 1. The summed E-state index contributed by atoms with van der Waals surface area (Å²) in [6, 6.07) is 9.81. The lowest BCUT2D eigenvalue weighted by atomic mass is 10.3. The highest BCUT2D eigenvalue weighted by molar-refractivity contribution is 7.13. The van der Waals surface area contributed by atoms with Crippen LogP contribution in [0.3, 0.4) is 0 Å². The summed E-state index contributed by atoms with van der Waals surface area (Å²) in [5.41, 5.74) is 1.95. The van der Waals surface area contributed by atoms with Crippen molar-refractivity contribution in [3.63, 3.8) is 0 Å². The van der Waals surface area contributed by atoms with Crippen LogP contribution in [-0.4, -0.2) is 9.97 Å². The van der Waals surface area contributed by atoms with Gasteiger partial charge in [0, 0.05) is 18.1 Å². The van der Waals surface area contributed by atoms with E-state index >= 15 is 0 Å². The standard InChI is InChI=1S/C15H15N3OS/c1-11-5-6-13(19-11)9-16-8-12-10-20-15(18-12)14-4-2-3-7-17-14/h2-7,10,16H,8-9H2,1H3. The molecule has 0 spiro atoms. The summed E-state index contributed by atoms with van der Waals surface area (Å²) in [5, 5.41) is 6.34. The number of thiazole rings is 1. The zero-order valence-corrected chi connectivity index (χ0v) is 12.0. The molecule has 0 radical (unpaired) electrons. The van der Waals surface area contributed by atoms with E-state index in [1.54, 1.807) is 17.5 Å². The van der Waals surface area contributed by atoms with Crippen LogP contribution in [0, 0.1) is 6.92 Å². The average Bonchev–Trinajstić information content (AvgIpc) is 3.09. The van der Waals surface area contributed by atoms with Crippen LogP contribution in [0.4, 0.5) is 0 Å². The van der Waals surface area contributed by atoms with Gasteiger partial charge in [0.15, 0.2) is 0 Å². The molecule has 0 saturated heterocycles. The van der Waals surface area contributed by atoms with Crippen molar-refractivity contribution in [2.45, 2.75) is 20.0 Å². The maximum Gasteiger partial charge on any atom is 0.142 e. The molecular weight excluding hydrogens is 270 g/mol. The normalized spacial score (nSPS) is 10.8. The minimum Gasteiger partial charge on any atom is -0.465 e. The lowest BCUT2D eigenvalue weighted by Crippen LogP contribution is -2.12. The maximum absolute atomic E-state index is 5.51. The van der Waals surface area contributed by atoms with Gasteiger partial charge in [-0.1, -0.05) is 6.07 Å². The van der Waals surface area contributed by atoms with E-state index in [1.165, 1.54) is 0 Å². The van der Waals surface area contributed by atoms with E-state index in [4.69, 9.17) is 4.42 Å². The Morgan fingerprint density at radius 2 is 2.15 bits per heavy atom. The van der Waals surface area contributed by atoms with Crippen molar-refractivity contribution in [1.82, 2.24) is 15.3 Å². The molecule has 3 rings (SSSR count). The highest BCUT2D eigenvalue weighted by Gasteiger charge is 2.05. The molecule has 3 heterocycles. The van der Waals surface area contributed by atoms with Crippen LogP contribution in [0.15, 0.2) is 46.3 Å². The molecule has 0 unspecified atom stereocenters. The Morgan fingerprint density at radius 3 is 2.90 bits per heavy atom. The fourth-order valence-electron chi connectivity index (χ4n) is 1.89. The van der Waals surface area contributed by atoms with Gasteiger partial charge < -0.3 is 9.73 Å². The van der Waals surface area contributed by atoms with Gasteiger partial charge in [-0.3, -0.25) is 4.98 Å². The molecule has 3 aromatic rings. The van der Waals surface area contributed by atoms with Crippen molar-refractivity contribution in [1.29, 1.82) is 0 Å². The number of nitrogens with zero attached hydrogens (tertiary/aromatic N) is 2. The SMILES string of the molecule is Cc1ccc(CNCc2csc(-c3ccccn3)n2)o1. The van der Waals surface area contributed by atoms with Crippen molar-refractivity contribution in [3.05, 3.63) is 59.1 Å². The Bertz CT molecular complexity index is 675. The summed E-state index contributed by atoms with van der Waals surface area (Å²) < 4.78 is 5.51. The van der Waals surface area contributed by atoms with Crippen LogP contribution in [0.25, 0.3) is 10.7 Å². The third kappa shape index (κ3) is 3.12. The average molecular weight is 285 g/mol. The lowest BCUT2D eigenvalue weighted by molar-refractivity contribution is 0.461. The van der Waals surface area contributed by atoms with Crippen LogP contribution < -0.4 is 5.32 Å². The molecule has 0 fully saturated rings. The second-order valence-electron chi connectivity index (χ2n) is 4.47. The first-order valence-corrected chi connectivity index (χ1v) is 7.31. The largest absolute Gasteiger partial charge is 0.465 e. The van der Waals surface area contributed by atoms with E-state index < -0.39 is 0 Å². The molecule has 1 N–H and O–H groups in total. The topological polar surface area (TPSA) is 51.0 Å². The number of hydrogen-bond donors (Lipinski definition) is 1. The molecule has 5 heteroatoms. The Kier molecular flexibility index (Phi) is 3.90. The first kappa shape index (κ1) is 13.0. The van der Waals surface area contributed by atoms with Crippen LogP contribution in [0.1, 0.15) is 17.2 Å². The number of aromatic nitrogens is 2. The third-order valence-electron chi connectivity index (χ3n) is 2.84. The van der Waals surface area contributed by atoms with Gasteiger partial charge in [-0.15, -0.1) is 11.3 Å². The van der Waals surface area contributed by atoms with Crippen molar-refractivity contribution in [2.24, 2.45) is 0 Å². The van der Waals surface area contributed by atoms with Crippen LogP contribution in [-0.2, 0) is 13.1 Å². The van der Waals surface area contributed by atoms with Crippen molar-refractivity contribution in [2.75, 3.05) is 0 Å². The van der Waals surface area contributed by atoms with E-state index in [0.717, 1.165) is 34.5 Å². The predicted molar refractivity (Wildman–Crippen MR) is 79.3 cm³/mol. The molecule has 0 aliphatic heterocycles. The Hall–Kier alpha value is -1.98. The van der Waals surface area contributed by atoms with Gasteiger partial charge in [0.25, 0.3) is 0 Å². The van der Waals surface area contributed by atoms with E-state index in [1.807, 2.05) is 37.3 Å². The third-order valence-corrected chi connectivity index (χ3v) is 3.75. The fourth-order valence-corrected chi connectivity index (χ4v) is 2.68. The monoisotopic (exact) mass is 285 g/mol. The molecule has 3 aromatic heterocycles. The number of hydrogen-bond acceptors (Lipinski definition) is 5. The molecule has 0 atom stereocenters. The van der Waals surface area contributed by atoms with E-state index in [2.05, 4.69) is 20.7 Å².